The Morgan fingerprint density at radius 1 is 1.53 bits per heavy atom. The fraction of sp³-hybridized carbons (Fsp3) is 0.364. The summed E-state index contributed by atoms with van der Waals surface area (Å²) in [6.07, 6.45) is 5.81. The summed E-state index contributed by atoms with van der Waals surface area (Å²) in [4.78, 5) is 7.64. The Labute approximate surface area is 88.1 Å². The molecule has 78 valence electrons. The lowest BCUT2D eigenvalue weighted by atomic mass is 10.0. The zero-order valence-electron chi connectivity index (χ0n) is 8.48. The molecule has 1 aliphatic rings. The van der Waals surface area contributed by atoms with Crippen molar-refractivity contribution >= 4 is 0 Å². The van der Waals surface area contributed by atoms with Crippen molar-refractivity contribution in [1.29, 1.82) is 0 Å². The van der Waals surface area contributed by atoms with Gasteiger partial charge in [0.25, 0.3) is 0 Å². The van der Waals surface area contributed by atoms with Gasteiger partial charge >= 0.3 is 0 Å². The third-order valence-electron chi connectivity index (χ3n) is 3.00. The van der Waals surface area contributed by atoms with Crippen LogP contribution in [0.2, 0.25) is 0 Å². The van der Waals surface area contributed by atoms with Gasteiger partial charge in [0.2, 0.25) is 0 Å². The van der Waals surface area contributed by atoms with Gasteiger partial charge in [0.15, 0.2) is 0 Å². The van der Waals surface area contributed by atoms with Gasteiger partial charge in [-0.15, -0.1) is 0 Å². The van der Waals surface area contributed by atoms with Crippen molar-refractivity contribution in [2.75, 3.05) is 0 Å². The van der Waals surface area contributed by atoms with Crippen molar-refractivity contribution < 1.29 is 0 Å². The number of imidazole rings is 1. The van der Waals surface area contributed by atoms with E-state index in [4.69, 9.17) is 5.73 Å². The molecule has 0 saturated heterocycles. The van der Waals surface area contributed by atoms with Crippen molar-refractivity contribution in [2.45, 2.75) is 25.4 Å². The van der Waals surface area contributed by atoms with Gasteiger partial charge in [-0.3, -0.25) is 0 Å². The molecule has 0 fully saturated rings. The second-order valence-corrected chi connectivity index (χ2v) is 4.07. The molecular weight excluding hydrogens is 188 g/mol. The predicted molar refractivity (Wildman–Crippen MR) is 58.3 cm³/mol. The van der Waals surface area contributed by atoms with Crippen LogP contribution in [-0.2, 0) is 13.0 Å². The molecule has 2 aromatic heterocycles. The van der Waals surface area contributed by atoms with Crippen LogP contribution in [0.15, 0.2) is 24.7 Å². The number of nitrogens with one attached hydrogen (secondary N) is 1. The molecule has 0 bridgehead atoms. The molecule has 0 amide bonds. The third kappa shape index (κ3) is 1.37. The molecule has 15 heavy (non-hydrogen) atoms. The van der Waals surface area contributed by atoms with E-state index in [9.17, 15) is 0 Å². The first kappa shape index (κ1) is 8.73. The fourth-order valence-corrected chi connectivity index (χ4v) is 2.17. The van der Waals surface area contributed by atoms with Crippen LogP contribution < -0.4 is 5.73 Å². The monoisotopic (exact) mass is 202 g/mol. The predicted octanol–water partition coefficient (Wildman–Crippen LogP) is 1.15. The van der Waals surface area contributed by atoms with E-state index in [-0.39, 0.29) is 6.04 Å². The molecule has 2 aromatic rings. The second-order valence-electron chi connectivity index (χ2n) is 4.07. The zero-order chi connectivity index (χ0) is 10.3. The number of rotatable bonds is 1. The maximum absolute atomic E-state index is 5.98. The van der Waals surface area contributed by atoms with E-state index in [1.54, 1.807) is 0 Å². The Hall–Kier alpha value is -1.55. The molecule has 0 aromatic carbocycles. The van der Waals surface area contributed by atoms with E-state index in [1.807, 2.05) is 24.7 Å². The van der Waals surface area contributed by atoms with Crippen molar-refractivity contribution in [3.05, 3.63) is 30.4 Å². The summed E-state index contributed by atoms with van der Waals surface area (Å²) in [7, 11) is 0. The molecule has 0 radical (unpaired) electrons. The molecule has 0 saturated carbocycles. The lowest BCUT2D eigenvalue weighted by molar-refractivity contribution is 0.472. The molecule has 4 heteroatoms. The highest BCUT2D eigenvalue weighted by molar-refractivity contribution is 5.58. The van der Waals surface area contributed by atoms with E-state index < -0.39 is 0 Å². The molecule has 3 N–H and O–H groups in total. The summed E-state index contributed by atoms with van der Waals surface area (Å²) in [6.45, 7) is 0.990. The van der Waals surface area contributed by atoms with Crippen molar-refractivity contribution in [1.82, 2.24) is 14.5 Å². The maximum Gasteiger partial charge on any atom is 0.108 e. The van der Waals surface area contributed by atoms with E-state index in [2.05, 4.69) is 14.5 Å². The highest BCUT2D eigenvalue weighted by atomic mass is 15.1. The number of aryl methyl sites for hydroxylation is 1. The zero-order valence-corrected chi connectivity index (χ0v) is 8.48. The summed E-state index contributed by atoms with van der Waals surface area (Å²) in [5, 5.41) is 0. The lowest BCUT2D eigenvalue weighted by Gasteiger charge is -2.20. The van der Waals surface area contributed by atoms with Crippen LogP contribution >= 0.6 is 0 Å². The minimum atomic E-state index is 0.280. The topological polar surface area (TPSA) is 59.6 Å². The Morgan fingerprint density at radius 3 is 3.27 bits per heavy atom. The minimum absolute atomic E-state index is 0.280. The number of hydrogen-bond donors (Lipinski definition) is 2. The molecule has 1 unspecified atom stereocenters. The second kappa shape index (κ2) is 3.24. The average molecular weight is 202 g/mol. The van der Waals surface area contributed by atoms with Gasteiger partial charge in [-0.25, -0.2) is 4.98 Å². The van der Waals surface area contributed by atoms with Crippen LogP contribution in [-0.4, -0.2) is 20.6 Å². The summed E-state index contributed by atoms with van der Waals surface area (Å²) < 4.78 is 2.21. The normalized spacial score (nSPS) is 20.2. The van der Waals surface area contributed by atoms with Gasteiger partial charge in [-0.05, 0) is 18.6 Å². The van der Waals surface area contributed by atoms with E-state index >= 15 is 0 Å². The quantitative estimate of drug-likeness (QED) is 0.728. The molecule has 1 atom stereocenters. The van der Waals surface area contributed by atoms with Crippen LogP contribution in [0.1, 0.15) is 12.1 Å². The maximum atomic E-state index is 5.98. The molecule has 3 rings (SSSR count). The standard InChI is InChI=1S/C11H14N4/c12-8-3-5-15-7-14-11(10(15)6-8)9-2-1-4-13-9/h1-2,4,7-8,13H,3,5-6,12H2. The van der Waals surface area contributed by atoms with Crippen LogP contribution in [0.5, 0.6) is 0 Å². The Balaban J connectivity index is 2.07. The summed E-state index contributed by atoms with van der Waals surface area (Å²) in [5.74, 6) is 0. The van der Waals surface area contributed by atoms with Crippen molar-refractivity contribution in [3.63, 3.8) is 0 Å². The minimum Gasteiger partial charge on any atom is -0.360 e. The SMILES string of the molecule is NC1CCn2cnc(-c3ccc[nH]3)c2C1. The van der Waals surface area contributed by atoms with Gasteiger partial charge in [0.1, 0.15) is 5.69 Å². The summed E-state index contributed by atoms with van der Waals surface area (Å²) in [6, 6.07) is 4.32. The van der Waals surface area contributed by atoms with Crippen LogP contribution in [0.4, 0.5) is 0 Å². The first-order valence-corrected chi connectivity index (χ1v) is 5.28. The lowest BCUT2D eigenvalue weighted by Crippen LogP contribution is -2.30. The van der Waals surface area contributed by atoms with Crippen LogP contribution in [0.3, 0.4) is 0 Å². The highest BCUT2D eigenvalue weighted by Gasteiger charge is 2.20. The van der Waals surface area contributed by atoms with Gasteiger partial charge in [0.05, 0.1) is 12.0 Å². The summed E-state index contributed by atoms with van der Waals surface area (Å²) in [5.41, 5.74) is 9.37. The molecule has 0 spiro atoms. The van der Waals surface area contributed by atoms with Crippen molar-refractivity contribution in [2.24, 2.45) is 5.73 Å². The number of nitrogens with two attached hydrogens (primary N) is 1. The van der Waals surface area contributed by atoms with Gasteiger partial charge in [0, 0.05) is 30.9 Å². The number of fused-ring (bicyclic) bond motifs is 1. The van der Waals surface area contributed by atoms with Gasteiger partial charge in [-0.1, -0.05) is 0 Å². The van der Waals surface area contributed by atoms with E-state index in [0.29, 0.717) is 0 Å². The molecule has 3 heterocycles. The number of aromatic nitrogens is 3. The van der Waals surface area contributed by atoms with E-state index in [1.165, 1.54) is 5.69 Å². The first-order valence-electron chi connectivity index (χ1n) is 5.28. The first-order chi connectivity index (χ1) is 7.34. The highest BCUT2D eigenvalue weighted by Crippen LogP contribution is 2.24. The molecule has 1 aliphatic heterocycles. The average Bonchev–Trinajstić information content (AvgIpc) is 2.83. The van der Waals surface area contributed by atoms with Gasteiger partial charge in [-0.2, -0.15) is 0 Å². The number of H-pyrrole nitrogens is 1. The van der Waals surface area contributed by atoms with Crippen molar-refractivity contribution in [3.8, 4) is 11.4 Å². The summed E-state index contributed by atoms with van der Waals surface area (Å²) >= 11 is 0. The van der Waals surface area contributed by atoms with Crippen LogP contribution in [0.25, 0.3) is 11.4 Å². The Bertz CT molecular complexity index is 455. The molecule has 0 aliphatic carbocycles. The molecular formula is C11H14N4. The number of hydrogen-bond acceptors (Lipinski definition) is 2. The largest absolute Gasteiger partial charge is 0.360 e. The van der Waals surface area contributed by atoms with Crippen LogP contribution in [0, 0.1) is 0 Å². The Kier molecular flexibility index (Phi) is 1.89. The van der Waals surface area contributed by atoms with E-state index in [0.717, 1.165) is 30.8 Å². The number of nitrogens with zero attached hydrogens (tertiary/aromatic N) is 2. The third-order valence-corrected chi connectivity index (χ3v) is 3.00. The number of aromatic amines is 1. The smallest absolute Gasteiger partial charge is 0.108 e. The molecule has 4 nitrogen and oxygen atoms in total. The Morgan fingerprint density at radius 2 is 2.47 bits per heavy atom. The fourth-order valence-electron chi connectivity index (χ4n) is 2.17. The van der Waals surface area contributed by atoms with Gasteiger partial charge < -0.3 is 15.3 Å².